The second kappa shape index (κ2) is 8.41. The molecule has 0 bridgehead atoms. The van der Waals surface area contributed by atoms with E-state index in [9.17, 15) is 0 Å². The van der Waals surface area contributed by atoms with E-state index in [1.54, 1.807) is 6.20 Å². The normalized spacial score (nSPS) is 10.7. The summed E-state index contributed by atoms with van der Waals surface area (Å²) in [6.45, 7) is 3.31. The van der Waals surface area contributed by atoms with Crippen molar-refractivity contribution < 1.29 is 0 Å². The van der Waals surface area contributed by atoms with E-state index < -0.39 is 0 Å². The van der Waals surface area contributed by atoms with Crippen molar-refractivity contribution in [3.8, 4) is 5.69 Å². The minimum Gasteiger partial charge on any atom is -0.385 e. The zero-order valence-corrected chi connectivity index (χ0v) is 12.4. The third-order valence-electron chi connectivity index (χ3n) is 3.47. The lowest BCUT2D eigenvalue weighted by Crippen LogP contribution is -2.02. The summed E-state index contributed by atoms with van der Waals surface area (Å²) in [5, 5.41) is 7.75. The predicted octanol–water partition coefficient (Wildman–Crippen LogP) is 4.64. The number of anilines is 1. The minimum absolute atomic E-state index is 1.05. The van der Waals surface area contributed by atoms with Gasteiger partial charge in [0.1, 0.15) is 0 Å². The summed E-state index contributed by atoms with van der Waals surface area (Å²) in [6.07, 6.45) is 11.8. The fourth-order valence-corrected chi connectivity index (χ4v) is 2.32. The van der Waals surface area contributed by atoms with Crippen molar-refractivity contribution in [3.05, 3.63) is 42.7 Å². The standard InChI is InChI=1S/C17H25N3/c1-2-3-4-5-6-7-12-18-16-10-8-11-17(15-16)20-14-9-13-19-20/h8-11,13-15,18H,2-7,12H2,1H3. The molecule has 20 heavy (non-hydrogen) atoms. The average Bonchev–Trinajstić information content (AvgIpc) is 3.01. The van der Waals surface area contributed by atoms with Crippen molar-refractivity contribution in [2.75, 3.05) is 11.9 Å². The van der Waals surface area contributed by atoms with Crippen molar-refractivity contribution in [3.63, 3.8) is 0 Å². The second-order valence-electron chi connectivity index (χ2n) is 5.20. The molecule has 3 nitrogen and oxygen atoms in total. The summed E-state index contributed by atoms with van der Waals surface area (Å²) in [5.41, 5.74) is 2.27. The zero-order chi connectivity index (χ0) is 14.0. The van der Waals surface area contributed by atoms with Gasteiger partial charge in [0, 0.05) is 24.6 Å². The average molecular weight is 271 g/mol. The monoisotopic (exact) mass is 271 g/mol. The van der Waals surface area contributed by atoms with Gasteiger partial charge in [-0.1, -0.05) is 45.1 Å². The Hall–Kier alpha value is -1.77. The highest BCUT2D eigenvalue weighted by Crippen LogP contribution is 2.14. The number of unbranched alkanes of at least 4 members (excludes halogenated alkanes) is 5. The fourth-order valence-electron chi connectivity index (χ4n) is 2.32. The van der Waals surface area contributed by atoms with Gasteiger partial charge in [-0.05, 0) is 30.7 Å². The molecule has 1 heterocycles. The van der Waals surface area contributed by atoms with Crippen LogP contribution in [-0.2, 0) is 0 Å². The summed E-state index contributed by atoms with van der Waals surface area (Å²) >= 11 is 0. The SMILES string of the molecule is CCCCCCCCNc1cccc(-n2cccn2)c1. The number of rotatable bonds is 9. The van der Waals surface area contributed by atoms with Gasteiger partial charge < -0.3 is 5.32 Å². The second-order valence-corrected chi connectivity index (χ2v) is 5.20. The quantitative estimate of drug-likeness (QED) is 0.673. The van der Waals surface area contributed by atoms with Crippen molar-refractivity contribution in [1.82, 2.24) is 9.78 Å². The molecular formula is C17H25N3. The van der Waals surface area contributed by atoms with E-state index in [1.807, 2.05) is 16.9 Å². The first-order chi connectivity index (χ1) is 9.90. The van der Waals surface area contributed by atoms with Crippen LogP contribution in [0.2, 0.25) is 0 Å². The summed E-state index contributed by atoms with van der Waals surface area (Å²) in [4.78, 5) is 0. The minimum atomic E-state index is 1.05. The molecule has 2 rings (SSSR count). The van der Waals surface area contributed by atoms with E-state index >= 15 is 0 Å². The van der Waals surface area contributed by atoms with Crippen molar-refractivity contribution in [2.45, 2.75) is 45.4 Å². The zero-order valence-electron chi connectivity index (χ0n) is 12.4. The Morgan fingerprint density at radius 1 is 1.05 bits per heavy atom. The van der Waals surface area contributed by atoms with Crippen LogP contribution in [-0.4, -0.2) is 16.3 Å². The molecule has 1 aromatic heterocycles. The molecular weight excluding hydrogens is 246 g/mol. The Bertz CT molecular complexity index is 477. The van der Waals surface area contributed by atoms with Crippen LogP contribution in [0.1, 0.15) is 45.4 Å². The predicted molar refractivity (Wildman–Crippen MR) is 85.4 cm³/mol. The number of benzene rings is 1. The molecule has 0 saturated carbocycles. The maximum Gasteiger partial charge on any atom is 0.0666 e. The molecule has 3 heteroatoms. The van der Waals surface area contributed by atoms with E-state index in [-0.39, 0.29) is 0 Å². The molecule has 0 amide bonds. The lowest BCUT2D eigenvalue weighted by Gasteiger charge is -2.08. The maximum atomic E-state index is 4.25. The molecule has 0 spiro atoms. The van der Waals surface area contributed by atoms with Crippen LogP contribution < -0.4 is 5.32 Å². The van der Waals surface area contributed by atoms with E-state index in [0.29, 0.717) is 0 Å². The first-order valence-corrected chi connectivity index (χ1v) is 7.74. The summed E-state index contributed by atoms with van der Waals surface area (Å²) in [5.74, 6) is 0. The Balaban J connectivity index is 1.72. The van der Waals surface area contributed by atoms with Crippen LogP contribution in [0.5, 0.6) is 0 Å². The molecule has 0 aliphatic rings. The molecule has 0 atom stereocenters. The third kappa shape index (κ3) is 4.72. The van der Waals surface area contributed by atoms with Crippen LogP contribution in [0.15, 0.2) is 42.7 Å². The molecule has 1 aromatic carbocycles. The van der Waals surface area contributed by atoms with Crippen LogP contribution in [0, 0.1) is 0 Å². The highest BCUT2D eigenvalue weighted by molar-refractivity contribution is 5.50. The van der Waals surface area contributed by atoms with E-state index in [1.165, 1.54) is 44.2 Å². The molecule has 0 aliphatic carbocycles. The molecule has 0 aliphatic heterocycles. The largest absolute Gasteiger partial charge is 0.385 e. The highest BCUT2D eigenvalue weighted by Gasteiger charge is 1.98. The summed E-state index contributed by atoms with van der Waals surface area (Å²) in [7, 11) is 0. The van der Waals surface area contributed by atoms with Gasteiger partial charge >= 0.3 is 0 Å². The van der Waals surface area contributed by atoms with E-state index in [2.05, 4.69) is 41.6 Å². The number of aromatic nitrogens is 2. The number of hydrogen-bond donors (Lipinski definition) is 1. The van der Waals surface area contributed by atoms with Crippen molar-refractivity contribution >= 4 is 5.69 Å². The van der Waals surface area contributed by atoms with Crippen LogP contribution in [0.3, 0.4) is 0 Å². The smallest absolute Gasteiger partial charge is 0.0666 e. The number of nitrogens with one attached hydrogen (secondary N) is 1. The Kier molecular flexibility index (Phi) is 6.15. The third-order valence-corrected chi connectivity index (χ3v) is 3.47. The maximum absolute atomic E-state index is 4.25. The van der Waals surface area contributed by atoms with Crippen LogP contribution >= 0.6 is 0 Å². The summed E-state index contributed by atoms with van der Waals surface area (Å²) < 4.78 is 1.88. The van der Waals surface area contributed by atoms with Gasteiger partial charge in [0.2, 0.25) is 0 Å². The first-order valence-electron chi connectivity index (χ1n) is 7.74. The van der Waals surface area contributed by atoms with Gasteiger partial charge in [0.25, 0.3) is 0 Å². The Morgan fingerprint density at radius 3 is 2.70 bits per heavy atom. The van der Waals surface area contributed by atoms with Crippen LogP contribution in [0.25, 0.3) is 5.69 Å². The van der Waals surface area contributed by atoms with Gasteiger partial charge in [-0.2, -0.15) is 5.10 Å². The van der Waals surface area contributed by atoms with Crippen LogP contribution in [0.4, 0.5) is 5.69 Å². The first kappa shape index (κ1) is 14.6. The molecule has 108 valence electrons. The lowest BCUT2D eigenvalue weighted by molar-refractivity contribution is 0.617. The van der Waals surface area contributed by atoms with E-state index in [4.69, 9.17) is 0 Å². The number of hydrogen-bond acceptors (Lipinski definition) is 2. The van der Waals surface area contributed by atoms with Gasteiger partial charge in [0.05, 0.1) is 5.69 Å². The summed E-state index contributed by atoms with van der Waals surface area (Å²) in [6, 6.07) is 10.3. The molecule has 0 radical (unpaired) electrons. The number of nitrogens with zero attached hydrogens (tertiary/aromatic N) is 2. The lowest BCUT2D eigenvalue weighted by atomic mass is 10.1. The molecule has 0 unspecified atom stereocenters. The molecule has 2 aromatic rings. The molecule has 1 N–H and O–H groups in total. The fraction of sp³-hybridized carbons (Fsp3) is 0.471. The topological polar surface area (TPSA) is 29.9 Å². The highest BCUT2D eigenvalue weighted by atomic mass is 15.3. The Labute approximate surface area is 122 Å². The molecule has 0 saturated heterocycles. The van der Waals surface area contributed by atoms with Crippen molar-refractivity contribution in [1.29, 1.82) is 0 Å². The van der Waals surface area contributed by atoms with Gasteiger partial charge in [0.15, 0.2) is 0 Å². The molecule has 0 fully saturated rings. The van der Waals surface area contributed by atoms with Gasteiger partial charge in [-0.15, -0.1) is 0 Å². The Morgan fingerprint density at radius 2 is 1.90 bits per heavy atom. The van der Waals surface area contributed by atoms with Gasteiger partial charge in [-0.3, -0.25) is 0 Å². The van der Waals surface area contributed by atoms with Crippen molar-refractivity contribution in [2.24, 2.45) is 0 Å². The van der Waals surface area contributed by atoms with E-state index in [0.717, 1.165) is 12.2 Å². The van der Waals surface area contributed by atoms with Gasteiger partial charge in [-0.25, -0.2) is 4.68 Å².